The molecule has 1 heterocycles. The molecule has 0 saturated carbocycles. The molecule has 21 heavy (non-hydrogen) atoms. The first kappa shape index (κ1) is 14.1. The summed E-state index contributed by atoms with van der Waals surface area (Å²) in [5, 5.41) is 3.18. The van der Waals surface area contributed by atoms with E-state index < -0.39 is 0 Å². The van der Waals surface area contributed by atoms with Crippen molar-refractivity contribution in [2.24, 2.45) is 0 Å². The lowest BCUT2D eigenvalue weighted by Crippen LogP contribution is -2.06. The molecule has 0 aliphatic heterocycles. The normalized spacial score (nSPS) is 13.2. The smallest absolute Gasteiger partial charge is 0.219 e. The number of nitrogens with one attached hydrogen (secondary N) is 1. The van der Waals surface area contributed by atoms with E-state index in [1.807, 2.05) is 13.1 Å². The lowest BCUT2D eigenvalue weighted by molar-refractivity contribution is 0.459. The monoisotopic (exact) mass is 282 g/mol. The molecule has 3 heteroatoms. The van der Waals surface area contributed by atoms with E-state index in [0.29, 0.717) is 5.88 Å². The third-order valence-corrected chi connectivity index (χ3v) is 3.95. The third-order valence-electron chi connectivity index (χ3n) is 3.95. The Kier molecular flexibility index (Phi) is 4.20. The van der Waals surface area contributed by atoms with E-state index in [1.165, 1.54) is 36.0 Å². The number of nitrogens with zero attached hydrogens (tertiary/aromatic N) is 1. The molecule has 3 rings (SSSR count). The minimum absolute atomic E-state index is 0.692. The molecule has 0 radical (unpaired) electrons. The molecule has 2 aromatic rings. The Morgan fingerprint density at radius 1 is 1.14 bits per heavy atom. The second kappa shape index (κ2) is 6.27. The van der Waals surface area contributed by atoms with E-state index >= 15 is 0 Å². The molecule has 0 atom stereocenters. The maximum absolute atomic E-state index is 5.99. The van der Waals surface area contributed by atoms with Gasteiger partial charge in [0.15, 0.2) is 0 Å². The van der Waals surface area contributed by atoms with Crippen LogP contribution in [-0.2, 0) is 25.8 Å². The highest BCUT2D eigenvalue weighted by Crippen LogP contribution is 2.28. The van der Waals surface area contributed by atoms with Crippen LogP contribution in [0, 0.1) is 0 Å². The number of benzene rings is 1. The van der Waals surface area contributed by atoms with Gasteiger partial charge in [-0.25, -0.2) is 4.98 Å². The highest BCUT2D eigenvalue weighted by molar-refractivity contribution is 5.40. The van der Waals surface area contributed by atoms with Gasteiger partial charge in [0, 0.05) is 18.3 Å². The van der Waals surface area contributed by atoms with Crippen molar-refractivity contribution < 1.29 is 4.74 Å². The third kappa shape index (κ3) is 3.24. The van der Waals surface area contributed by atoms with Gasteiger partial charge in [0.05, 0.1) is 0 Å². The molecule has 1 aromatic heterocycles. The van der Waals surface area contributed by atoms with Crippen LogP contribution in [0.15, 0.2) is 30.3 Å². The first-order chi connectivity index (χ1) is 10.3. The summed E-state index contributed by atoms with van der Waals surface area (Å²) in [4.78, 5) is 4.57. The van der Waals surface area contributed by atoms with Crippen LogP contribution in [0.5, 0.6) is 11.6 Å². The number of hydrogen-bond acceptors (Lipinski definition) is 3. The van der Waals surface area contributed by atoms with Gasteiger partial charge in [-0.1, -0.05) is 13.0 Å². The van der Waals surface area contributed by atoms with E-state index in [-0.39, 0.29) is 0 Å². The molecule has 3 nitrogen and oxygen atoms in total. The van der Waals surface area contributed by atoms with E-state index in [1.54, 1.807) is 0 Å². The highest BCUT2D eigenvalue weighted by atomic mass is 16.5. The van der Waals surface area contributed by atoms with Crippen molar-refractivity contribution in [1.29, 1.82) is 0 Å². The molecule has 110 valence electrons. The van der Waals surface area contributed by atoms with Crippen LogP contribution >= 0.6 is 0 Å². The van der Waals surface area contributed by atoms with Gasteiger partial charge in [-0.05, 0) is 67.6 Å². The topological polar surface area (TPSA) is 34.1 Å². The van der Waals surface area contributed by atoms with Crippen LogP contribution in [-0.4, -0.2) is 12.0 Å². The van der Waals surface area contributed by atoms with E-state index in [0.717, 1.165) is 24.4 Å². The molecular weight excluding hydrogens is 260 g/mol. The van der Waals surface area contributed by atoms with Gasteiger partial charge >= 0.3 is 0 Å². The summed E-state index contributed by atoms with van der Waals surface area (Å²) in [6, 6.07) is 10.6. The van der Waals surface area contributed by atoms with Crippen LogP contribution < -0.4 is 10.1 Å². The maximum Gasteiger partial charge on any atom is 0.219 e. The average Bonchev–Trinajstić information content (AvgIpc) is 2.95. The second-order valence-electron chi connectivity index (χ2n) is 5.57. The Morgan fingerprint density at radius 2 is 2.00 bits per heavy atom. The zero-order chi connectivity index (χ0) is 14.7. The predicted molar refractivity (Wildman–Crippen MR) is 84.9 cm³/mol. The van der Waals surface area contributed by atoms with Crippen molar-refractivity contribution in [3.63, 3.8) is 0 Å². The fraction of sp³-hybridized carbons (Fsp3) is 0.389. The van der Waals surface area contributed by atoms with Crippen molar-refractivity contribution in [3.05, 3.63) is 52.7 Å². The molecule has 1 aliphatic carbocycles. The van der Waals surface area contributed by atoms with Crippen molar-refractivity contribution in [3.8, 4) is 11.6 Å². The minimum atomic E-state index is 0.692. The quantitative estimate of drug-likeness (QED) is 0.909. The van der Waals surface area contributed by atoms with Crippen LogP contribution in [0.25, 0.3) is 0 Å². The first-order valence-electron chi connectivity index (χ1n) is 7.72. The number of hydrogen-bond donors (Lipinski definition) is 1. The largest absolute Gasteiger partial charge is 0.439 e. The Bertz CT molecular complexity index is 637. The molecule has 0 saturated heterocycles. The maximum atomic E-state index is 5.99. The molecule has 0 fully saturated rings. The second-order valence-corrected chi connectivity index (χ2v) is 5.57. The molecule has 0 spiro atoms. The average molecular weight is 282 g/mol. The molecule has 1 aromatic carbocycles. The highest BCUT2D eigenvalue weighted by Gasteiger charge is 2.12. The van der Waals surface area contributed by atoms with E-state index in [2.05, 4.69) is 41.5 Å². The summed E-state index contributed by atoms with van der Waals surface area (Å²) >= 11 is 0. The summed E-state index contributed by atoms with van der Waals surface area (Å²) in [5.74, 6) is 1.59. The molecule has 0 unspecified atom stereocenters. The zero-order valence-corrected chi connectivity index (χ0v) is 12.8. The number of pyridine rings is 1. The molecular formula is C18H22N2O. The number of rotatable bonds is 5. The number of fused-ring (bicyclic) bond motifs is 1. The van der Waals surface area contributed by atoms with Crippen LogP contribution in [0.2, 0.25) is 0 Å². The van der Waals surface area contributed by atoms with Crippen molar-refractivity contribution >= 4 is 0 Å². The Hall–Kier alpha value is -1.87. The van der Waals surface area contributed by atoms with Gasteiger partial charge in [-0.2, -0.15) is 0 Å². The van der Waals surface area contributed by atoms with Crippen LogP contribution in [0.1, 0.15) is 35.7 Å². The number of aromatic nitrogens is 1. The number of ether oxygens (including phenoxy) is 1. The van der Waals surface area contributed by atoms with Gasteiger partial charge in [-0.15, -0.1) is 0 Å². The van der Waals surface area contributed by atoms with Gasteiger partial charge < -0.3 is 10.1 Å². The lowest BCUT2D eigenvalue weighted by Gasteiger charge is -2.10. The van der Waals surface area contributed by atoms with Crippen LogP contribution in [0.4, 0.5) is 0 Å². The summed E-state index contributed by atoms with van der Waals surface area (Å²) in [7, 11) is 1.95. The number of aryl methyl sites for hydroxylation is 3. The minimum Gasteiger partial charge on any atom is -0.439 e. The van der Waals surface area contributed by atoms with Gasteiger partial charge in [0.2, 0.25) is 5.88 Å². The summed E-state index contributed by atoms with van der Waals surface area (Å²) in [5.41, 5.74) is 5.17. The molecule has 1 N–H and O–H groups in total. The standard InChI is InChI=1S/C18H22N2O/c1-3-16-9-13(12-19-2)10-18(20-16)21-17-8-7-14-5-4-6-15(14)11-17/h7-11,19H,3-6,12H2,1-2H3. The van der Waals surface area contributed by atoms with Crippen molar-refractivity contribution in [2.45, 2.75) is 39.2 Å². The van der Waals surface area contributed by atoms with Crippen molar-refractivity contribution in [2.75, 3.05) is 7.05 Å². The summed E-state index contributed by atoms with van der Waals surface area (Å²) in [6.07, 6.45) is 4.54. The fourth-order valence-corrected chi connectivity index (χ4v) is 2.89. The zero-order valence-electron chi connectivity index (χ0n) is 12.8. The fourth-order valence-electron chi connectivity index (χ4n) is 2.89. The summed E-state index contributed by atoms with van der Waals surface area (Å²) in [6.45, 7) is 2.95. The van der Waals surface area contributed by atoms with E-state index in [4.69, 9.17) is 4.74 Å². The SMILES string of the molecule is CCc1cc(CNC)cc(Oc2ccc3c(c2)CCC3)n1. The van der Waals surface area contributed by atoms with E-state index in [9.17, 15) is 0 Å². The Morgan fingerprint density at radius 3 is 2.81 bits per heavy atom. The Balaban J connectivity index is 1.85. The predicted octanol–water partition coefficient (Wildman–Crippen LogP) is 3.64. The van der Waals surface area contributed by atoms with Gasteiger partial charge in [0.25, 0.3) is 0 Å². The molecule has 1 aliphatic rings. The molecule has 0 bridgehead atoms. The van der Waals surface area contributed by atoms with Crippen molar-refractivity contribution in [1.82, 2.24) is 10.3 Å². The lowest BCUT2D eigenvalue weighted by atomic mass is 10.1. The van der Waals surface area contributed by atoms with Gasteiger partial charge in [0.1, 0.15) is 5.75 Å². The van der Waals surface area contributed by atoms with Crippen LogP contribution in [0.3, 0.4) is 0 Å². The Labute approximate surface area is 126 Å². The van der Waals surface area contributed by atoms with Gasteiger partial charge in [-0.3, -0.25) is 0 Å². The summed E-state index contributed by atoms with van der Waals surface area (Å²) < 4.78 is 5.99. The molecule has 0 amide bonds. The first-order valence-corrected chi connectivity index (χ1v) is 7.72.